The van der Waals surface area contributed by atoms with Gasteiger partial charge in [0.2, 0.25) is 0 Å². The van der Waals surface area contributed by atoms with Gasteiger partial charge in [0.25, 0.3) is 0 Å². The minimum absolute atomic E-state index is 0.243. The molecular formula is C16H23FN2. The van der Waals surface area contributed by atoms with Crippen LogP contribution in [0.25, 0.3) is 0 Å². The van der Waals surface area contributed by atoms with Crippen molar-refractivity contribution in [3.63, 3.8) is 0 Å². The zero-order chi connectivity index (χ0) is 13.2. The van der Waals surface area contributed by atoms with E-state index >= 15 is 0 Å². The first-order valence-corrected chi connectivity index (χ1v) is 7.48. The first-order valence-electron chi connectivity index (χ1n) is 7.48. The van der Waals surface area contributed by atoms with Crippen LogP contribution in [-0.4, -0.2) is 18.0 Å². The number of nitrogen functional groups attached to an aromatic ring is 1. The second-order valence-electron chi connectivity index (χ2n) is 6.17. The molecular weight excluding hydrogens is 239 g/mol. The summed E-state index contributed by atoms with van der Waals surface area (Å²) >= 11 is 0. The summed E-state index contributed by atoms with van der Waals surface area (Å²) in [6, 6.07) is 4.78. The Bertz CT molecular complexity index is 446. The maximum absolute atomic E-state index is 13.1. The van der Waals surface area contributed by atoms with Crippen LogP contribution in [-0.2, 0) is 6.54 Å². The third kappa shape index (κ3) is 2.92. The van der Waals surface area contributed by atoms with Gasteiger partial charge in [-0.3, -0.25) is 4.90 Å². The summed E-state index contributed by atoms with van der Waals surface area (Å²) in [5, 5.41) is 0. The predicted molar refractivity (Wildman–Crippen MR) is 76.2 cm³/mol. The van der Waals surface area contributed by atoms with Gasteiger partial charge in [-0.05, 0) is 48.9 Å². The number of rotatable bonds is 2. The Balaban J connectivity index is 1.64. The maximum atomic E-state index is 13.1. The molecule has 1 saturated heterocycles. The lowest BCUT2D eigenvalue weighted by atomic mass is 9.75. The molecule has 0 aromatic heterocycles. The second kappa shape index (κ2) is 5.49. The van der Waals surface area contributed by atoms with E-state index in [1.54, 1.807) is 0 Å². The molecule has 2 aliphatic rings. The molecule has 3 rings (SSSR count). The molecule has 19 heavy (non-hydrogen) atoms. The predicted octanol–water partition coefficient (Wildman–Crippen LogP) is 3.42. The number of piperidine rings is 1. The summed E-state index contributed by atoms with van der Waals surface area (Å²) in [4.78, 5) is 2.50. The lowest BCUT2D eigenvalue weighted by molar-refractivity contribution is 0.0822. The highest BCUT2D eigenvalue weighted by molar-refractivity contribution is 5.46. The Kier molecular flexibility index (Phi) is 3.74. The van der Waals surface area contributed by atoms with Crippen LogP contribution in [0.4, 0.5) is 10.1 Å². The Hall–Kier alpha value is -1.09. The fourth-order valence-corrected chi connectivity index (χ4v) is 3.77. The molecule has 2 atom stereocenters. The fourth-order valence-electron chi connectivity index (χ4n) is 3.77. The Morgan fingerprint density at radius 3 is 2.74 bits per heavy atom. The van der Waals surface area contributed by atoms with E-state index in [-0.39, 0.29) is 5.82 Å². The smallest absolute Gasteiger partial charge is 0.125 e. The molecule has 104 valence electrons. The number of likely N-dealkylation sites (tertiary alicyclic amines) is 1. The average Bonchev–Trinajstić information content (AvgIpc) is 2.42. The molecule has 0 radical (unpaired) electrons. The first-order chi connectivity index (χ1) is 9.22. The summed E-state index contributed by atoms with van der Waals surface area (Å²) in [5.41, 5.74) is 7.56. The lowest BCUT2D eigenvalue weighted by Gasteiger charge is -2.41. The monoisotopic (exact) mass is 262 g/mol. The summed E-state index contributed by atoms with van der Waals surface area (Å²) in [6.45, 7) is 3.23. The van der Waals surface area contributed by atoms with Gasteiger partial charge in [0, 0.05) is 18.8 Å². The second-order valence-corrected chi connectivity index (χ2v) is 6.17. The summed E-state index contributed by atoms with van der Waals surface area (Å²) in [5.74, 6) is 1.59. The molecule has 1 aliphatic carbocycles. The van der Waals surface area contributed by atoms with Gasteiger partial charge in [-0.1, -0.05) is 25.3 Å². The van der Waals surface area contributed by atoms with Crippen molar-refractivity contribution in [1.29, 1.82) is 0 Å². The Labute approximate surface area is 114 Å². The zero-order valence-corrected chi connectivity index (χ0v) is 11.4. The number of halogens is 1. The van der Waals surface area contributed by atoms with E-state index in [1.165, 1.54) is 50.8 Å². The molecule has 1 aromatic carbocycles. The van der Waals surface area contributed by atoms with Crippen LogP contribution in [0, 0.1) is 17.7 Å². The third-order valence-corrected chi connectivity index (χ3v) is 4.88. The largest absolute Gasteiger partial charge is 0.398 e. The number of nitrogens with two attached hydrogens (primary N) is 1. The van der Waals surface area contributed by atoms with Gasteiger partial charge in [0.1, 0.15) is 5.82 Å². The third-order valence-electron chi connectivity index (χ3n) is 4.88. The normalized spacial score (nSPS) is 28.1. The topological polar surface area (TPSA) is 29.3 Å². The SMILES string of the molecule is Nc1cc(F)ccc1CN1CCC2CCCCC2C1. The zero-order valence-electron chi connectivity index (χ0n) is 11.4. The minimum atomic E-state index is -0.243. The number of hydrogen-bond donors (Lipinski definition) is 1. The van der Waals surface area contributed by atoms with Crippen molar-refractivity contribution in [2.24, 2.45) is 11.8 Å². The van der Waals surface area contributed by atoms with Crippen LogP contribution in [0.5, 0.6) is 0 Å². The molecule has 1 aromatic rings. The highest BCUT2D eigenvalue weighted by Gasteiger charge is 2.30. The highest BCUT2D eigenvalue weighted by Crippen LogP contribution is 2.36. The van der Waals surface area contributed by atoms with E-state index in [4.69, 9.17) is 5.73 Å². The Morgan fingerprint density at radius 1 is 1.16 bits per heavy atom. The van der Waals surface area contributed by atoms with Crippen molar-refractivity contribution in [3.05, 3.63) is 29.6 Å². The molecule has 0 amide bonds. The van der Waals surface area contributed by atoms with Crippen LogP contribution in [0.2, 0.25) is 0 Å². The van der Waals surface area contributed by atoms with E-state index in [1.807, 2.05) is 6.07 Å². The van der Waals surface area contributed by atoms with Crippen molar-refractivity contribution >= 4 is 5.69 Å². The molecule has 1 heterocycles. The quantitative estimate of drug-likeness (QED) is 0.827. The van der Waals surface area contributed by atoms with E-state index < -0.39 is 0 Å². The van der Waals surface area contributed by atoms with Crippen LogP contribution < -0.4 is 5.73 Å². The maximum Gasteiger partial charge on any atom is 0.125 e. The number of hydrogen-bond acceptors (Lipinski definition) is 2. The number of anilines is 1. The Morgan fingerprint density at radius 2 is 1.95 bits per heavy atom. The summed E-state index contributed by atoms with van der Waals surface area (Å²) in [7, 11) is 0. The van der Waals surface area contributed by atoms with Gasteiger partial charge in [0.05, 0.1) is 0 Å². The standard InChI is InChI=1S/C16H23FN2/c17-15-6-5-14(16(18)9-15)11-19-8-7-12-3-1-2-4-13(12)10-19/h5-6,9,12-13H,1-4,7-8,10-11,18H2. The lowest BCUT2D eigenvalue weighted by Crippen LogP contribution is -2.41. The number of nitrogens with zero attached hydrogens (tertiary/aromatic N) is 1. The van der Waals surface area contributed by atoms with Gasteiger partial charge in [0.15, 0.2) is 0 Å². The van der Waals surface area contributed by atoms with E-state index in [9.17, 15) is 4.39 Å². The van der Waals surface area contributed by atoms with Crippen LogP contribution >= 0.6 is 0 Å². The van der Waals surface area contributed by atoms with E-state index in [0.717, 1.165) is 30.5 Å². The van der Waals surface area contributed by atoms with E-state index in [2.05, 4.69) is 4.90 Å². The molecule has 2 nitrogen and oxygen atoms in total. The summed E-state index contributed by atoms with van der Waals surface area (Å²) in [6.07, 6.45) is 6.96. The van der Waals surface area contributed by atoms with Crippen molar-refractivity contribution in [1.82, 2.24) is 4.90 Å². The van der Waals surface area contributed by atoms with Crippen LogP contribution in [0.1, 0.15) is 37.7 Å². The van der Waals surface area contributed by atoms with Crippen molar-refractivity contribution in [2.75, 3.05) is 18.8 Å². The molecule has 0 spiro atoms. The van der Waals surface area contributed by atoms with Gasteiger partial charge < -0.3 is 5.73 Å². The molecule has 1 saturated carbocycles. The average molecular weight is 262 g/mol. The molecule has 3 heteroatoms. The molecule has 0 bridgehead atoms. The number of fused-ring (bicyclic) bond motifs is 1. The molecule has 2 N–H and O–H groups in total. The molecule has 2 fully saturated rings. The van der Waals surface area contributed by atoms with Crippen molar-refractivity contribution in [3.8, 4) is 0 Å². The van der Waals surface area contributed by atoms with Crippen LogP contribution in [0.15, 0.2) is 18.2 Å². The number of benzene rings is 1. The van der Waals surface area contributed by atoms with E-state index in [0.29, 0.717) is 5.69 Å². The van der Waals surface area contributed by atoms with Crippen molar-refractivity contribution < 1.29 is 4.39 Å². The minimum Gasteiger partial charge on any atom is -0.398 e. The highest BCUT2D eigenvalue weighted by atomic mass is 19.1. The van der Waals surface area contributed by atoms with Crippen molar-refractivity contribution in [2.45, 2.75) is 38.6 Å². The van der Waals surface area contributed by atoms with Gasteiger partial charge in [-0.25, -0.2) is 4.39 Å². The van der Waals surface area contributed by atoms with Gasteiger partial charge in [-0.15, -0.1) is 0 Å². The molecule has 1 aliphatic heterocycles. The van der Waals surface area contributed by atoms with Gasteiger partial charge >= 0.3 is 0 Å². The summed E-state index contributed by atoms with van der Waals surface area (Å²) < 4.78 is 13.1. The van der Waals surface area contributed by atoms with Crippen LogP contribution in [0.3, 0.4) is 0 Å². The first kappa shape index (κ1) is 12.9. The molecule has 2 unspecified atom stereocenters. The van der Waals surface area contributed by atoms with Gasteiger partial charge in [-0.2, -0.15) is 0 Å². The fraction of sp³-hybridized carbons (Fsp3) is 0.625.